The molecule has 0 amide bonds. The van der Waals surface area contributed by atoms with Gasteiger partial charge in [-0.15, -0.1) is 0 Å². The van der Waals surface area contributed by atoms with E-state index in [1.54, 1.807) is 0 Å². The van der Waals surface area contributed by atoms with Crippen molar-refractivity contribution in [3.05, 3.63) is 31.6 Å². The predicted molar refractivity (Wildman–Crippen MR) is 56.1 cm³/mol. The van der Waals surface area contributed by atoms with Gasteiger partial charge in [0.25, 0.3) is 5.56 Å². The first-order chi connectivity index (χ1) is 6.20. The van der Waals surface area contributed by atoms with Gasteiger partial charge in [-0.3, -0.25) is 4.79 Å². The van der Waals surface area contributed by atoms with E-state index in [9.17, 15) is 4.79 Å². The molecule has 0 saturated heterocycles. The van der Waals surface area contributed by atoms with Crippen LogP contribution in [-0.2, 0) is 12.8 Å². The van der Waals surface area contributed by atoms with Crippen molar-refractivity contribution >= 4 is 15.9 Å². The van der Waals surface area contributed by atoms with Gasteiger partial charge in [-0.25, -0.2) is 0 Å². The number of halogens is 1. The lowest BCUT2D eigenvalue weighted by Crippen LogP contribution is -2.17. The van der Waals surface area contributed by atoms with E-state index in [1.165, 1.54) is 24.0 Å². The van der Waals surface area contributed by atoms with Crippen LogP contribution in [0.1, 0.15) is 29.7 Å². The summed E-state index contributed by atoms with van der Waals surface area (Å²) in [6.45, 7) is 1.98. The molecule has 0 aromatic carbocycles. The van der Waals surface area contributed by atoms with Crippen LogP contribution >= 0.6 is 15.9 Å². The average Bonchev–Trinajstić information content (AvgIpc) is 2.15. The van der Waals surface area contributed by atoms with Crippen LogP contribution in [0.25, 0.3) is 0 Å². The van der Waals surface area contributed by atoms with E-state index in [-0.39, 0.29) is 5.56 Å². The van der Waals surface area contributed by atoms with Crippen molar-refractivity contribution in [1.82, 2.24) is 4.98 Å². The molecule has 1 heterocycles. The van der Waals surface area contributed by atoms with E-state index in [0.29, 0.717) is 0 Å². The van der Waals surface area contributed by atoms with Gasteiger partial charge >= 0.3 is 0 Å². The number of aryl methyl sites for hydroxylation is 1. The van der Waals surface area contributed by atoms with Gasteiger partial charge in [-0.05, 0) is 59.7 Å². The van der Waals surface area contributed by atoms with Gasteiger partial charge < -0.3 is 4.98 Å². The number of pyridine rings is 1. The van der Waals surface area contributed by atoms with Gasteiger partial charge in [0.1, 0.15) is 0 Å². The molecule has 0 bridgehead atoms. The molecule has 0 atom stereocenters. The highest BCUT2D eigenvalue weighted by molar-refractivity contribution is 9.10. The fourth-order valence-corrected chi connectivity index (χ4v) is 2.54. The maximum Gasteiger partial charge on any atom is 0.262 e. The van der Waals surface area contributed by atoms with Gasteiger partial charge in [-0.1, -0.05) is 0 Å². The SMILES string of the molecule is Cc1[nH]c(=O)c(Br)c2c1CCCC2. The molecule has 2 rings (SSSR count). The number of aromatic amines is 1. The molecule has 3 heteroatoms. The zero-order valence-electron chi connectivity index (χ0n) is 7.61. The average molecular weight is 242 g/mol. The monoisotopic (exact) mass is 241 g/mol. The first-order valence-corrected chi connectivity index (χ1v) is 5.39. The fourth-order valence-electron chi connectivity index (χ4n) is 2.00. The van der Waals surface area contributed by atoms with Crippen molar-refractivity contribution in [3.63, 3.8) is 0 Å². The Hall–Kier alpha value is -0.570. The third-order valence-corrected chi connectivity index (χ3v) is 3.52. The zero-order valence-corrected chi connectivity index (χ0v) is 9.20. The molecule has 1 aliphatic rings. The Morgan fingerprint density at radius 3 is 2.54 bits per heavy atom. The number of hydrogen-bond donors (Lipinski definition) is 1. The van der Waals surface area contributed by atoms with Crippen LogP contribution in [0.5, 0.6) is 0 Å². The van der Waals surface area contributed by atoms with Crippen molar-refractivity contribution in [2.45, 2.75) is 32.6 Å². The van der Waals surface area contributed by atoms with Crippen molar-refractivity contribution in [2.75, 3.05) is 0 Å². The van der Waals surface area contributed by atoms with E-state index >= 15 is 0 Å². The molecule has 0 fully saturated rings. The molecule has 1 aromatic rings. The van der Waals surface area contributed by atoms with Crippen molar-refractivity contribution < 1.29 is 0 Å². The Bertz CT molecular complexity index is 395. The third-order valence-electron chi connectivity index (χ3n) is 2.69. The van der Waals surface area contributed by atoms with Crippen molar-refractivity contribution in [3.8, 4) is 0 Å². The normalized spacial score (nSPS) is 15.5. The molecular weight excluding hydrogens is 230 g/mol. The second-order valence-corrected chi connectivity index (χ2v) is 4.35. The largest absolute Gasteiger partial charge is 0.325 e. The molecule has 0 unspecified atom stereocenters. The van der Waals surface area contributed by atoms with Crippen LogP contribution in [0.3, 0.4) is 0 Å². The summed E-state index contributed by atoms with van der Waals surface area (Å²) in [6, 6.07) is 0. The van der Waals surface area contributed by atoms with E-state index in [4.69, 9.17) is 0 Å². The molecule has 13 heavy (non-hydrogen) atoms. The van der Waals surface area contributed by atoms with Gasteiger partial charge in [0, 0.05) is 5.69 Å². The van der Waals surface area contributed by atoms with E-state index in [1.807, 2.05) is 6.92 Å². The summed E-state index contributed by atoms with van der Waals surface area (Å²) in [5.74, 6) is 0. The second kappa shape index (κ2) is 3.29. The van der Waals surface area contributed by atoms with Crippen LogP contribution in [0.15, 0.2) is 9.27 Å². The van der Waals surface area contributed by atoms with Crippen molar-refractivity contribution in [2.24, 2.45) is 0 Å². The maximum absolute atomic E-state index is 11.4. The molecule has 70 valence electrons. The topological polar surface area (TPSA) is 32.9 Å². The predicted octanol–water partition coefficient (Wildman–Crippen LogP) is 2.32. The Morgan fingerprint density at radius 2 is 1.85 bits per heavy atom. The summed E-state index contributed by atoms with van der Waals surface area (Å²) in [7, 11) is 0. The Kier molecular flexibility index (Phi) is 2.28. The Morgan fingerprint density at radius 1 is 1.23 bits per heavy atom. The highest BCUT2D eigenvalue weighted by Gasteiger charge is 2.16. The van der Waals surface area contributed by atoms with Gasteiger partial charge in [0.15, 0.2) is 0 Å². The smallest absolute Gasteiger partial charge is 0.262 e. The van der Waals surface area contributed by atoms with Crippen LogP contribution in [0, 0.1) is 6.92 Å². The number of nitrogens with one attached hydrogen (secondary N) is 1. The number of hydrogen-bond acceptors (Lipinski definition) is 1. The van der Waals surface area contributed by atoms with Crippen LogP contribution in [0.4, 0.5) is 0 Å². The zero-order chi connectivity index (χ0) is 9.42. The summed E-state index contributed by atoms with van der Waals surface area (Å²) in [6.07, 6.45) is 4.60. The second-order valence-electron chi connectivity index (χ2n) is 3.56. The summed E-state index contributed by atoms with van der Waals surface area (Å²) in [5.41, 5.74) is 3.63. The Balaban J connectivity index is 2.70. The van der Waals surface area contributed by atoms with Crippen LogP contribution in [-0.4, -0.2) is 4.98 Å². The molecule has 0 saturated carbocycles. The summed E-state index contributed by atoms with van der Waals surface area (Å²) < 4.78 is 0.743. The minimum atomic E-state index is 0.0122. The van der Waals surface area contributed by atoms with Gasteiger partial charge in [0.05, 0.1) is 4.47 Å². The molecule has 0 spiro atoms. The van der Waals surface area contributed by atoms with E-state index in [0.717, 1.165) is 23.0 Å². The number of H-pyrrole nitrogens is 1. The summed E-state index contributed by atoms with van der Waals surface area (Å²) in [5, 5.41) is 0. The summed E-state index contributed by atoms with van der Waals surface area (Å²) in [4.78, 5) is 14.3. The maximum atomic E-state index is 11.4. The minimum Gasteiger partial charge on any atom is -0.325 e. The lowest BCUT2D eigenvalue weighted by molar-refractivity contribution is 0.672. The minimum absolute atomic E-state index is 0.0122. The van der Waals surface area contributed by atoms with Crippen LogP contribution < -0.4 is 5.56 Å². The third kappa shape index (κ3) is 1.46. The molecule has 1 aliphatic carbocycles. The molecule has 2 nitrogen and oxygen atoms in total. The molecule has 1 N–H and O–H groups in total. The first-order valence-electron chi connectivity index (χ1n) is 4.60. The van der Waals surface area contributed by atoms with Gasteiger partial charge in [0.2, 0.25) is 0 Å². The molecular formula is C10H12BrNO. The van der Waals surface area contributed by atoms with Crippen LogP contribution in [0.2, 0.25) is 0 Å². The molecule has 0 aliphatic heterocycles. The molecule has 1 aromatic heterocycles. The number of aromatic nitrogens is 1. The number of fused-ring (bicyclic) bond motifs is 1. The van der Waals surface area contributed by atoms with E-state index < -0.39 is 0 Å². The lowest BCUT2D eigenvalue weighted by Gasteiger charge is -2.18. The Labute approximate surface area is 85.5 Å². The standard InChI is InChI=1S/C10H12BrNO/c1-6-7-4-2-3-5-8(7)9(11)10(13)12-6/h2-5H2,1H3,(H,12,13). The van der Waals surface area contributed by atoms with Crippen molar-refractivity contribution in [1.29, 1.82) is 0 Å². The molecule has 0 radical (unpaired) electrons. The quantitative estimate of drug-likeness (QED) is 0.744. The summed E-state index contributed by atoms with van der Waals surface area (Å²) >= 11 is 3.36. The number of rotatable bonds is 0. The fraction of sp³-hybridized carbons (Fsp3) is 0.500. The lowest BCUT2D eigenvalue weighted by atomic mass is 9.91. The van der Waals surface area contributed by atoms with E-state index in [2.05, 4.69) is 20.9 Å². The highest BCUT2D eigenvalue weighted by Crippen LogP contribution is 2.26. The van der Waals surface area contributed by atoms with Gasteiger partial charge in [-0.2, -0.15) is 0 Å². The first kappa shape index (κ1) is 9.00. The highest BCUT2D eigenvalue weighted by atomic mass is 79.9.